The molecule has 3 aliphatic rings. The molecule has 2 saturated carbocycles. The van der Waals surface area contributed by atoms with Gasteiger partial charge in [-0.15, -0.1) is 0 Å². The fraction of sp³-hybridized carbons (Fsp3) is 0.571. The normalized spacial score (nSPS) is 21.3. The minimum absolute atomic E-state index is 0.328. The number of allylic oxidation sites excluding steroid dienone is 1. The Bertz CT molecular complexity index is 672. The molecule has 0 radical (unpaired) electrons. The van der Waals surface area contributed by atoms with Crippen LogP contribution < -0.4 is 4.90 Å². The maximum Gasteiger partial charge on any atom is 0.116 e. The van der Waals surface area contributed by atoms with Gasteiger partial charge in [-0.1, -0.05) is 19.3 Å². The van der Waals surface area contributed by atoms with Crippen LogP contribution in [0.1, 0.15) is 50.5 Å². The third kappa shape index (κ3) is 3.68. The van der Waals surface area contributed by atoms with Gasteiger partial charge in [0, 0.05) is 24.5 Å². The fourth-order valence-corrected chi connectivity index (χ4v) is 4.20. The van der Waals surface area contributed by atoms with Crippen molar-refractivity contribution in [2.75, 3.05) is 18.1 Å². The minimum atomic E-state index is 0.328. The monoisotopic (exact) mass is 339 g/mol. The number of hydrogen-bond donors (Lipinski definition) is 1. The predicted octanol–water partition coefficient (Wildman–Crippen LogP) is 4.44. The number of phenols is 1. The highest BCUT2D eigenvalue weighted by Gasteiger charge is 2.33. The SMILES string of the molecule is Cc1cc(O)ccc1N1CN=CC=C1N(CC1CC1)C1CCCCC1. The molecule has 1 aromatic carbocycles. The van der Waals surface area contributed by atoms with Crippen molar-refractivity contribution in [3.05, 3.63) is 35.7 Å². The van der Waals surface area contributed by atoms with E-state index in [0.717, 1.165) is 17.2 Å². The van der Waals surface area contributed by atoms with Crippen molar-refractivity contribution in [3.63, 3.8) is 0 Å². The van der Waals surface area contributed by atoms with E-state index in [0.29, 0.717) is 18.5 Å². The second-order valence-electron chi connectivity index (χ2n) is 7.78. The standard InChI is InChI=1S/C21H29N3O/c1-16-13-19(25)9-10-20(16)24-15-22-12-11-21(24)23(14-17-7-8-17)18-5-3-2-4-6-18/h9-13,17-18,25H,2-8,14-15H2,1H3. The van der Waals surface area contributed by atoms with E-state index in [1.165, 1.54) is 57.3 Å². The van der Waals surface area contributed by atoms with Crippen LogP contribution in [-0.4, -0.2) is 35.5 Å². The molecule has 2 fully saturated rings. The highest BCUT2D eigenvalue weighted by molar-refractivity contribution is 5.76. The van der Waals surface area contributed by atoms with Gasteiger partial charge in [0.15, 0.2) is 0 Å². The van der Waals surface area contributed by atoms with Crippen molar-refractivity contribution in [2.24, 2.45) is 10.9 Å². The molecule has 1 aromatic rings. The summed E-state index contributed by atoms with van der Waals surface area (Å²) in [6.45, 7) is 3.90. The second-order valence-corrected chi connectivity index (χ2v) is 7.78. The van der Waals surface area contributed by atoms with Gasteiger partial charge in [0.05, 0.1) is 0 Å². The summed E-state index contributed by atoms with van der Waals surface area (Å²) >= 11 is 0. The third-order valence-electron chi connectivity index (χ3n) is 5.76. The number of aliphatic imine (C=N–C) groups is 1. The zero-order valence-electron chi connectivity index (χ0n) is 15.2. The van der Waals surface area contributed by atoms with E-state index >= 15 is 0 Å². The molecule has 0 bridgehead atoms. The summed E-state index contributed by atoms with van der Waals surface area (Å²) < 4.78 is 0. The fourth-order valence-electron chi connectivity index (χ4n) is 4.20. The first-order valence-corrected chi connectivity index (χ1v) is 9.76. The summed E-state index contributed by atoms with van der Waals surface area (Å²) in [4.78, 5) is 9.51. The van der Waals surface area contributed by atoms with Crippen molar-refractivity contribution >= 4 is 11.9 Å². The number of aryl methyl sites for hydroxylation is 1. The Labute approximate surface area is 150 Å². The first-order chi connectivity index (χ1) is 12.2. The quantitative estimate of drug-likeness (QED) is 0.862. The highest BCUT2D eigenvalue weighted by atomic mass is 16.3. The number of benzene rings is 1. The molecule has 0 aromatic heterocycles. The molecule has 4 heteroatoms. The van der Waals surface area contributed by atoms with Gasteiger partial charge in [0.1, 0.15) is 18.2 Å². The van der Waals surface area contributed by atoms with Crippen molar-refractivity contribution in [1.29, 1.82) is 0 Å². The summed E-state index contributed by atoms with van der Waals surface area (Å²) in [6, 6.07) is 6.31. The Morgan fingerprint density at radius 1 is 1.16 bits per heavy atom. The van der Waals surface area contributed by atoms with Crippen LogP contribution >= 0.6 is 0 Å². The molecule has 0 amide bonds. The summed E-state index contributed by atoms with van der Waals surface area (Å²) in [5.41, 5.74) is 2.25. The zero-order valence-corrected chi connectivity index (χ0v) is 15.2. The lowest BCUT2D eigenvalue weighted by Gasteiger charge is -2.43. The van der Waals surface area contributed by atoms with E-state index in [1.807, 2.05) is 18.3 Å². The summed E-state index contributed by atoms with van der Waals surface area (Å²) in [5, 5.41) is 9.77. The van der Waals surface area contributed by atoms with Crippen LogP contribution in [0.15, 0.2) is 35.1 Å². The van der Waals surface area contributed by atoms with Gasteiger partial charge in [-0.25, -0.2) is 0 Å². The Morgan fingerprint density at radius 2 is 1.96 bits per heavy atom. The molecular weight excluding hydrogens is 310 g/mol. The van der Waals surface area contributed by atoms with E-state index < -0.39 is 0 Å². The summed E-state index contributed by atoms with van der Waals surface area (Å²) in [5.74, 6) is 2.49. The van der Waals surface area contributed by atoms with E-state index in [-0.39, 0.29) is 0 Å². The van der Waals surface area contributed by atoms with E-state index in [1.54, 1.807) is 6.07 Å². The van der Waals surface area contributed by atoms with Crippen molar-refractivity contribution in [3.8, 4) is 5.75 Å². The lowest BCUT2D eigenvalue weighted by atomic mass is 9.93. The summed E-state index contributed by atoms with van der Waals surface area (Å²) in [7, 11) is 0. The molecule has 1 N–H and O–H groups in total. The van der Waals surface area contributed by atoms with Crippen molar-refractivity contribution in [1.82, 2.24) is 4.90 Å². The first-order valence-electron chi connectivity index (χ1n) is 9.76. The average Bonchev–Trinajstić information content (AvgIpc) is 3.45. The highest BCUT2D eigenvalue weighted by Crippen LogP contribution is 2.37. The third-order valence-corrected chi connectivity index (χ3v) is 5.76. The molecule has 0 unspecified atom stereocenters. The molecule has 0 spiro atoms. The van der Waals surface area contributed by atoms with Crippen LogP contribution in [-0.2, 0) is 0 Å². The van der Waals surface area contributed by atoms with Crippen molar-refractivity contribution < 1.29 is 5.11 Å². The molecule has 25 heavy (non-hydrogen) atoms. The van der Waals surface area contributed by atoms with Gasteiger partial charge >= 0.3 is 0 Å². The Kier molecular flexibility index (Phi) is 4.69. The van der Waals surface area contributed by atoms with E-state index in [4.69, 9.17) is 0 Å². The topological polar surface area (TPSA) is 39.1 Å². The molecule has 0 atom stereocenters. The number of phenolic OH excluding ortho intramolecular Hbond substituents is 1. The molecule has 134 valence electrons. The molecule has 2 aliphatic carbocycles. The average molecular weight is 339 g/mol. The van der Waals surface area contributed by atoms with Gasteiger partial charge in [0.2, 0.25) is 0 Å². The maximum atomic E-state index is 9.77. The van der Waals surface area contributed by atoms with Crippen LogP contribution in [0.3, 0.4) is 0 Å². The van der Waals surface area contributed by atoms with Gasteiger partial charge in [-0.3, -0.25) is 4.99 Å². The molecule has 1 aliphatic heterocycles. The van der Waals surface area contributed by atoms with E-state index in [9.17, 15) is 5.11 Å². The van der Waals surface area contributed by atoms with Gasteiger partial charge < -0.3 is 14.9 Å². The van der Waals surface area contributed by atoms with Crippen LogP contribution in [0.5, 0.6) is 5.75 Å². The number of rotatable bonds is 5. The lowest BCUT2D eigenvalue weighted by Crippen LogP contribution is -2.45. The van der Waals surface area contributed by atoms with Gasteiger partial charge in [0.25, 0.3) is 0 Å². The van der Waals surface area contributed by atoms with Gasteiger partial charge in [-0.2, -0.15) is 0 Å². The Morgan fingerprint density at radius 3 is 2.68 bits per heavy atom. The van der Waals surface area contributed by atoms with Crippen LogP contribution in [0.2, 0.25) is 0 Å². The lowest BCUT2D eigenvalue weighted by molar-refractivity contribution is 0.188. The molecule has 0 saturated heterocycles. The molecule has 1 heterocycles. The van der Waals surface area contributed by atoms with Crippen LogP contribution in [0.25, 0.3) is 0 Å². The van der Waals surface area contributed by atoms with Crippen LogP contribution in [0, 0.1) is 12.8 Å². The van der Waals surface area contributed by atoms with Crippen molar-refractivity contribution in [2.45, 2.75) is 57.9 Å². The molecule has 4 nitrogen and oxygen atoms in total. The number of anilines is 1. The smallest absolute Gasteiger partial charge is 0.116 e. The molecular formula is C21H29N3O. The number of nitrogens with zero attached hydrogens (tertiary/aromatic N) is 3. The Hall–Kier alpha value is -1.97. The number of aromatic hydroxyl groups is 1. The Balaban J connectivity index is 1.64. The zero-order chi connectivity index (χ0) is 17.2. The van der Waals surface area contributed by atoms with Gasteiger partial charge in [-0.05, 0) is 68.4 Å². The van der Waals surface area contributed by atoms with Crippen LogP contribution in [0.4, 0.5) is 5.69 Å². The second kappa shape index (κ2) is 7.11. The van der Waals surface area contributed by atoms with E-state index in [2.05, 4.69) is 27.8 Å². The minimum Gasteiger partial charge on any atom is -0.508 e. The maximum absolute atomic E-state index is 9.77. The largest absolute Gasteiger partial charge is 0.508 e. The predicted molar refractivity (Wildman–Crippen MR) is 103 cm³/mol. The number of hydrogen-bond acceptors (Lipinski definition) is 4. The summed E-state index contributed by atoms with van der Waals surface area (Å²) in [6.07, 6.45) is 13.6. The molecule has 4 rings (SSSR count). The first kappa shape index (κ1) is 16.5.